The van der Waals surface area contributed by atoms with Crippen LogP contribution in [-0.2, 0) is 0 Å². The van der Waals surface area contributed by atoms with E-state index in [-0.39, 0.29) is 12.3 Å². The lowest BCUT2D eigenvalue weighted by molar-refractivity contribution is -0.384. The lowest BCUT2D eigenvalue weighted by Crippen LogP contribution is -2.34. The van der Waals surface area contributed by atoms with Crippen molar-refractivity contribution in [2.24, 2.45) is 0 Å². The Bertz CT molecular complexity index is 388. The van der Waals surface area contributed by atoms with Crippen LogP contribution >= 0.6 is 0 Å². The molecule has 0 saturated carbocycles. The van der Waals surface area contributed by atoms with E-state index in [1.165, 1.54) is 12.1 Å². The van der Waals surface area contributed by atoms with Gasteiger partial charge in [0.15, 0.2) is 0 Å². The number of ether oxygens (including phenoxy) is 1. The zero-order chi connectivity index (χ0) is 12.9. The second kappa shape index (κ2) is 5.63. The van der Waals surface area contributed by atoms with Gasteiger partial charge in [-0.1, -0.05) is 19.9 Å². The number of hydrogen-bond acceptors (Lipinski definition) is 4. The zero-order valence-electron chi connectivity index (χ0n) is 10.0. The summed E-state index contributed by atoms with van der Waals surface area (Å²) in [6.45, 7) is 3.89. The summed E-state index contributed by atoms with van der Waals surface area (Å²) < 4.78 is 5.39. The molecule has 0 aliphatic heterocycles. The van der Waals surface area contributed by atoms with Crippen molar-refractivity contribution >= 4 is 5.69 Å². The third-order valence-corrected chi connectivity index (χ3v) is 2.85. The maximum atomic E-state index is 10.6. The first kappa shape index (κ1) is 13.4. The molecule has 0 atom stereocenters. The average Bonchev–Trinajstić information content (AvgIpc) is 2.36. The standard InChI is InChI=1S/C12H17NO4/c1-3-12(14,4-2)9-17-11-7-5-6-10(8-11)13(15)16/h5-8,14H,3-4,9H2,1-2H3. The largest absolute Gasteiger partial charge is 0.490 e. The Hall–Kier alpha value is -1.62. The maximum absolute atomic E-state index is 10.6. The normalized spacial score (nSPS) is 11.2. The number of aliphatic hydroxyl groups is 1. The van der Waals surface area contributed by atoms with Crippen molar-refractivity contribution in [2.75, 3.05) is 6.61 Å². The van der Waals surface area contributed by atoms with Gasteiger partial charge in [0.1, 0.15) is 12.4 Å². The summed E-state index contributed by atoms with van der Waals surface area (Å²) >= 11 is 0. The summed E-state index contributed by atoms with van der Waals surface area (Å²) in [6, 6.07) is 5.95. The van der Waals surface area contributed by atoms with Gasteiger partial charge >= 0.3 is 0 Å². The highest BCUT2D eigenvalue weighted by atomic mass is 16.6. The second-order valence-corrected chi connectivity index (χ2v) is 3.97. The lowest BCUT2D eigenvalue weighted by atomic mass is 9.99. The van der Waals surface area contributed by atoms with E-state index < -0.39 is 10.5 Å². The van der Waals surface area contributed by atoms with Crippen LogP contribution in [-0.4, -0.2) is 22.2 Å². The van der Waals surface area contributed by atoms with Crippen LogP contribution in [0.4, 0.5) is 5.69 Å². The molecule has 0 fully saturated rings. The van der Waals surface area contributed by atoms with Crippen LogP contribution in [0.15, 0.2) is 24.3 Å². The quantitative estimate of drug-likeness (QED) is 0.611. The molecule has 0 radical (unpaired) electrons. The fourth-order valence-corrected chi connectivity index (χ4v) is 1.36. The molecule has 0 saturated heterocycles. The van der Waals surface area contributed by atoms with E-state index >= 15 is 0 Å². The van der Waals surface area contributed by atoms with Crippen molar-refractivity contribution in [1.29, 1.82) is 0 Å². The molecule has 0 unspecified atom stereocenters. The van der Waals surface area contributed by atoms with E-state index in [9.17, 15) is 15.2 Å². The number of non-ortho nitro benzene ring substituents is 1. The van der Waals surface area contributed by atoms with E-state index in [1.807, 2.05) is 13.8 Å². The molecular formula is C12H17NO4. The Kier molecular flexibility index (Phi) is 4.45. The van der Waals surface area contributed by atoms with Gasteiger partial charge < -0.3 is 9.84 Å². The molecule has 0 spiro atoms. The Morgan fingerprint density at radius 3 is 2.59 bits per heavy atom. The topological polar surface area (TPSA) is 72.6 Å². The molecule has 0 aliphatic rings. The van der Waals surface area contributed by atoms with Gasteiger partial charge in [-0.3, -0.25) is 10.1 Å². The molecule has 0 amide bonds. The number of rotatable bonds is 6. The van der Waals surface area contributed by atoms with Gasteiger partial charge in [-0.15, -0.1) is 0 Å². The molecule has 0 aliphatic carbocycles. The smallest absolute Gasteiger partial charge is 0.273 e. The van der Waals surface area contributed by atoms with E-state index in [2.05, 4.69) is 0 Å². The minimum Gasteiger partial charge on any atom is -0.490 e. The van der Waals surface area contributed by atoms with Crippen LogP contribution in [0, 0.1) is 10.1 Å². The maximum Gasteiger partial charge on any atom is 0.273 e. The molecular weight excluding hydrogens is 222 g/mol. The van der Waals surface area contributed by atoms with Crippen molar-refractivity contribution in [3.05, 3.63) is 34.4 Å². The summed E-state index contributed by atoms with van der Waals surface area (Å²) in [5.41, 5.74) is -0.885. The molecule has 5 nitrogen and oxygen atoms in total. The summed E-state index contributed by atoms with van der Waals surface area (Å²) in [6.07, 6.45) is 1.16. The Balaban J connectivity index is 2.69. The van der Waals surface area contributed by atoms with Gasteiger partial charge in [0, 0.05) is 6.07 Å². The first-order chi connectivity index (χ1) is 8.00. The van der Waals surface area contributed by atoms with E-state index in [0.717, 1.165) is 0 Å². The Morgan fingerprint density at radius 1 is 1.41 bits per heavy atom. The van der Waals surface area contributed by atoms with E-state index in [1.54, 1.807) is 12.1 Å². The minimum absolute atomic E-state index is 0.0148. The van der Waals surface area contributed by atoms with Crippen LogP contribution in [0.2, 0.25) is 0 Å². The molecule has 94 valence electrons. The molecule has 0 aromatic heterocycles. The summed E-state index contributed by atoms with van der Waals surface area (Å²) in [7, 11) is 0. The monoisotopic (exact) mass is 239 g/mol. The van der Waals surface area contributed by atoms with Crippen molar-refractivity contribution in [2.45, 2.75) is 32.3 Å². The van der Waals surface area contributed by atoms with Crippen LogP contribution in [0.1, 0.15) is 26.7 Å². The number of nitrogens with zero attached hydrogens (tertiary/aromatic N) is 1. The fourth-order valence-electron chi connectivity index (χ4n) is 1.36. The van der Waals surface area contributed by atoms with Crippen molar-refractivity contribution in [3.63, 3.8) is 0 Å². The molecule has 1 aromatic rings. The van der Waals surface area contributed by atoms with Crippen molar-refractivity contribution in [3.8, 4) is 5.75 Å². The van der Waals surface area contributed by atoms with Gasteiger partial charge in [0.2, 0.25) is 0 Å². The van der Waals surface area contributed by atoms with Gasteiger partial charge in [0.25, 0.3) is 5.69 Å². The highest BCUT2D eigenvalue weighted by Crippen LogP contribution is 2.22. The van der Waals surface area contributed by atoms with E-state index in [0.29, 0.717) is 18.6 Å². The van der Waals surface area contributed by atoms with Crippen LogP contribution in [0.3, 0.4) is 0 Å². The third-order valence-electron chi connectivity index (χ3n) is 2.85. The number of nitro groups is 1. The van der Waals surface area contributed by atoms with Crippen LogP contribution < -0.4 is 4.74 Å². The molecule has 0 bridgehead atoms. The average molecular weight is 239 g/mol. The van der Waals surface area contributed by atoms with Crippen molar-refractivity contribution < 1.29 is 14.8 Å². The Morgan fingerprint density at radius 2 is 2.06 bits per heavy atom. The fraction of sp³-hybridized carbons (Fsp3) is 0.500. The van der Waals surface area contributed by atoms with Crippen LogP contribution in [0.5, 0.6) is 5.75 Å². The molecule has 1 N–H and O–H groups in total. The first-order valence-electron chi connectivity index (χ1n) is 5.60. The highest BCUT2D eigenvalue weighted by Gasteiger charge is 2.23. The molecule has 1 rings (SSSR count). The van der Waals surface area contributed by atoms with Gasteiger partial charge in [-0.25, -0.2) is 0 Å². The summed E-state index contributed by atoms with van der Waals surface area (Å²) in [4.78, 5) is 10.1. The summed E-state index contributed by atoms with van der Waals surface area (Å²) in [5, 5.41) is 20.6. The lowest BCUT2D eigenvalue weighted by Gasteiger charge is -2.24. The number of hydrogen-bond donors (Lipinski definition) is 1. The van der Waals surface area contributed by atoms with Crippen LogP contribution in [0.25, 0.3) is 0 Å². The highest BCUT2D eigenvalue weighted by molar-refractivity contribution is 5.37. The zero-order valence-corrected chi connectivity index (χ0v) is 10.0. The minimum atomic E-state index is -0.870. The van der Waals surface area contributed by atoms with Gasteiger partial charge in [-0.05, 0) is 18.9 Å². The molecule has 17 heavy (non-hydrogen) atoms. The molecule has 0 heterocycles. The van der Waals surface area contributed by atoms with Crippen molar-refractivity contribution in [1.82, 2.24) is 0 Å². The van der Waals surface area contributed by atoms with Gasteiger partial charge in [0.05, 0.1) is 16.6 Å². The summed E-state index contributed by atoms with van der Waals surface area (Å²) in [5.74, 6) is 0.402. The third kappa shape index (κ3) is 3.71. The predicted octanol–water partition coefficient (Wildman–Crippen LogP) is 2.52. The SMILES string of the molecule is CCC(O)(CC)COc1cccc([N+](=O)[O-])c1. The molecule has 1 aromatic carbocycles. The second-order valence-electron chi connectivity index (χ2n) is 3.97. The number of benzene rings is 1. The van der Waals surface area contributed by atoms with E-state index in [4.69, 9.17) is 4.74 Å². The number of nitro benzene ring substituents is 1. The predicted molar refractivity (Wildman–Crippen MR) is 64.1 cm³/mol. The van der Waals surface area contributed by atoms with Gasteiger partial charge in [-0.2, -0.15) is 0 Å². The Labute approximate surface area is 100 Å². The first-order valence-corrected chi connectivity index (χ1v) is 5.60. The molecule has 5 heteroatoms.